The van der Waals surface area contributed by atoms with Gasteiger partial charge < -0.3 is 47.7 Å². The van der Waals surface area contributed by atoms with Crippen molar-refractivity contribution in [1.82, 2.24) is 19.6 Å². The van der Waals surface area contributed by atoms with E-state index in [1.165, 1.54) is 33.4 Å². The van der Waals surface area contributed by atoms with Crippen LogP contribution in [-0.4, -0.2) is 128 Å². The molecule has 0 aliphatic carbocycles. The van der Waals surface area contributed by atoms with Gasteiger partial charge in [-0.1, -0.05) is 52.7 Å². The third-order valence-corrected chi connectivity index (χ3v) is 19.4. The van der Waals surface area contributed by atoms with Gasteiger partial charge in [0.15, 0.2) is 23.0 Å². The Labute approximate surface area is 499 Å². The summed E-state index contributed by atoms with van der Waals surface area (Å²) in [6.45, 7) is 28.6. The normalized spacial score (nSPS) is 24.6. The molecule has 7 aliphatic heterocycles. The molecular formula is C68H93N5O11. The second-order valence-corrected chi connectivity index (χ2v) is 25.4. The van der Waals surface area contributed by atoms with E-state index >= 15 is 0 Å². The van der Waals surface area contributed by atoms with E-state index in [-0.39, 0.29) is 80.7 Å². The minimum atomic E-state index is -0.691. The number of aryl methyl sites for hydroxylation is 2. The predicted molar refractivity (Wildman–Crippen MR) is 324 cm³/mol. The van der Waals surface area contributed by atoms with Crippen molar-refractivity contribution in [2.45, 2.75) is 214 Å². The number of aliphatic hydroxyl groups is 1. The van der Waals surface area contributed by atoms with E-state index in [4.69, 9.17) is 42.6 Å². The largest absolute Gasteiger partial charge is 0.496 e. The summed E-state index contributed by atoms with van der Waals surface area (Å²) in [4.78, 5) is 23.6. The molecule has 0 radical (unpaired) electrons. The zero-order chi connectivity index (χ0) is 60.4. The summed E-state index contributed by atoms with van der Waals surface area (Å²) >= 11 is 0. The number of rotatable bonds is 14. The molecule has 4 aromatic rings. The number of carbonyl (C=O) groups excluding carboxylic acids is 1. The van der Waals surface area contributed by atoms with Crippen molar-refractivity contribution in [2.75, 3.05) is 61.7 Å². The van der Waals surface area contributed by atoms with Gasteiger partial charge in [-0.15, -0.1) is 0 Å². The van der Waals surface area contributed by atoms with Crippen LogP contribution in [0, 0.1) is 52.9 Å². The number of nitrogens with zero attached hydrogens (tertiary/aromatic N) is 5. The Kier molecular flexibility index (Phi) is 17.7. The lowest BCUT2D eigenvalue weighted by atomic mass is 9.70. The second kappa shape index (κ2) is 24.3. The molecule has 4 aromatic carbocycles. The van der Waals surface area contributed by atoms with E-state index in [2.05, 4.69) is 109 Å². The third-order valence-electron chi connectivity index (χ3n) is 19.4. The van der Waals surface area contributed by atoms with Gasteiger partial charge in [0.05, 0.1) is 64.3 Å². The number of amides is 1. The maximum atomic E-state index is 14.4. The van der Waals surface area contributed by atoms with Crippen molar-refractivity contribution in [3.63, 3.8) is 0 Å². The van der Waals surface area contributed by atoms with Gasteiger partial charge in [-0.05, 0) is 172 Å². The fraction of sp³-hybridized carbons (Fsp3) is 0.618. The van der Waals surface area contributed by atoms with Crippen molar-refractivity contribution >= 4 is 6.09 Å². The highest BCUT2D eigenvalue weighted by molar-refractivity contribution is 5.74. The number of nitriles is 1. The molecule has 16 nitrogen and oxygen atoms in total. The van der Waals surface area contributed by atoms with Gasteiger partial charge in [0.2, 0.25) is 13.6 Å². The molecule has 1 N–H and O–H groups in total. The molecule has 7 heterocycles. The molecule has 1 amide bonds. The molecule has 16 heteroatoms. The minimum Gasteiger partial charge on any atom is -0.496 e. The van der Waals surface area contributed by atoms with Crippen LogP contribution >= 0.6 is 0 Å². The summed E-state index contributed by atoms with van der Waals surface area (Å²) in [6, 6.07) is 6.39. The predicted octanol–water partition coefficient (Wildman–Crippen LogP) is 12.4. The van der Waals surface area contributed by atoms with Crippen LogP contribution in [0.4, 0.5) is 4.79 Å². The van der Waals surface area contributed by atoms with Crippen LogP contribution in [0.25, 0.3) is 0 Å². The van der Waals surface area contributed by atoms with Crippen LogP contribution in [0.3, 0.4) is 0 Å². The number of likely N-dealkylation sites (N-methyl/N-ethyl adjacent to an activating group) is 2. The first-order valence-electron chi connectivity index (χ1n) is 31.0. The summed E-state index contributed by atoms with van der Waals surface area (Å²) in [5.41, 5.74) is 15.2. The molecule has 11 rings (SSSR count). The highest BCUT2D eigenvalue weighted by atomic mass is 16.7. The van der Waals surface area contributed by atoms with E-state index < -0.39 is 5.60 Å². The maximum Gasteiger partial charge on any atom is 0.411 e. The number of piperazine rings is 1. The van der Waals surface area contributed by atoms with E-state index in [1.54, 1.807) is 14.2 Å². The van der Waals surface area contributed by atoms with Crippen LogP contribution in [0.1, 0.15) is 189 Å². The minimum absolute atomic E-state index is 0.00664. The smallest absolute Gasteiger partial charge is 0.411 e. The van der Waals surface area contributed by atoms with Crippen molar-refractivity contribution in [2.24, 2.45) is 0 Å². The van der Waals surface area contributed by atoms with Gasteiger partial charge in [0, 0.05) is 57.5 Å². The van der Waals surface area contributed by atoms with E-state index in [0.717, 1.165) is 124 Å². The number of hydrogen-bond acceptors (Lipinski definition) is 15. The first-order valence-corrected chi connectivity index (χ1v) is 31.0. The first-order chi connectivity index (χ1) is 40.2. The van der Waals surface area contributed by atoms with Crippen LogP contribution in [0.2, 0.25) is 0 Å². The van der Waals surface area contributed by atoms with Gasteiger partial charge in [-0.2, -0.15) is 5.26 Å². The number of unbranched alkanes of at least 4 members (excludes halogenated alkanes) is 2. The summed E-state index contributed by atoms with van der Waals surface area (Å²) < 4.78 is 55.4. The van der Waals surface area contributed by atoms with Crippen LogP contribution in [-0.2, 0) is 30.4 Å². The Morgan fingerprint density at radius 1 is 0.631 bits per heavy atom. The Balaban J connectivity index is 0.000000189. The zero-order valence-corrected chi connectivity index (χ0v) is 53.2. The van der Waals surface area contributed by atoms with E-state index in [0.29, 0.717) is 44.0 Å². The number of hydrogen-bond donors (Lipinski definition) is 1. The van der Waals surface area contributed by atoms with Crippen molar-refractivity contribution < 1.29 is 52.5 Å². The van der Waals surface area contributed by atoms with Crippen molar-refractivity contribution in [3.05, 3.63) is 90.0 Å². The lowest BCUT2D eigenvalue weighted by Crippen LogP contribution is -2.68. The summed E-state index contributed by atoms with van der Waals surface area (Å²) in [7, 11) is 7.76. The molecule has 1 saturated heterocycles. The van der Waals surface area contributed by atoms with Gasteiger partial charge in [0.25, 0.3) is 0 Å². The number of methoxy groups -OCH3 is 2. The standard InChI is InChI=1S/C36H52N2O7.C32H41N3O4/c1-11-13-14-42-32-22(5)33-34(44-19-43-33)29-25(32)17-27(38(26(29)12-2)35(40)45-36(6,7)8)30-28-21(4)31(41-10)20(3)15-23(28)16-24(18-39)37(30)9;1-8-10-11-37-30-19(5)31-32(39-16-38-31)27-21(30)14-24-28-26-18(4)29(36-7)17(3)12-20(26)13-23(34(28)6)25(15-33)35(24)22(27)9-2/h15,24,26-27,30,39H,11-14,16-19H2,1-10H3;12,22-25,28H,8-11,13-14,16H2,1-7H3/t24?,26-,27-,30?;22-,23-,24-,25-,28?/m00/s1. The number of benzene rings is 4. The molecule has 456 valence electrons. The van der Waals surface area contributed by atoms with Gasteiger partial charge in [-0.25, -0.2) is 4.79 Å². The molecule has 7 aliphatic rings. The SMILES string of the molecule is CCCCOc1c(C)c2c(c3c1C[C@@H](C1c4c(cc(C)c(OC)c4C)CC(CO)N1C)N(C(=O)OC(C)(C)C)[C@H]3CC)OCO2.CCCCOc1c(C)c2c(c3c1C[C@H]1C4c5c(cc(C)c(OC)c5C)C[C@@H]([C@H](C#N)N1[C@H]3CC)N4C)OCO2. The van der Waals surface area contributed by atoms with Gasteiger partial charge in [-0.3, -0.25) is 19.6 Å². The van der Waals surface area contributed by atoms with Gasteiger partial charge >= 0.3 is 6.09 Å². The summed E-state index contributed by atoms with van der Waals surface area (Å²) in [5, 5.41) is 21.3. The molecule has 3 unspecified atom stereocenters. The summed E-state index contributed by atoms with van der Waals surface area (Å²) in [5.74, 6) is 6.65. The maximum absolute atomic E-state index is 14.4. The lowest BCUT2D eigenvalue weighted by Gasteiger charge is -2.60. The summed E-state index contributed by atoms with van der Waals surface area (Å²) in [6.07, 6.45) is 8.06. The molecule has 2 bridgehead atoms. The Morgan fingerprint density at radius 3 is 1.57 bits per heavy atom. The van der Waals surface area contributed by atoms with Gasteiger partial charge in [0.1, 0.15) is 34.6 Å². The molecule has 0 spiro atoms. The van der Waals surface area contributed by atoms with Crippen LogP contribution in [0.5, 0.6) is 46.0 Å². The fourth-order valence-electron chi connectivity index (χ4n) is 15.9. The average molecular weight is 1160 g/mol. The monoisotopic (exact) mass is 1160 g/mol. The van der Waals surface area contributed by atoms with E-state index in [9.17, 15) is 15.2 Å². The topological polar surface area (TPSA) is 157 Å². The van der Waals surface area contributed by atoms with Crippen LogP contribution < -0.4 is 37.9 Å². The highest BCUT2D eigenvalue weighted by Crippen LogP contribution is 2.60. The number of fused-ring (bicyclic) bond motifs is 13. The number of aliphatic hydroxyl groups excluding tert-OH is 1. The number of carbonyl (C=O) groups is 1. The third kappa shape index (κ3) is 10.1. The lowest BCUT2D eigenvalue weighted by molar-refractivity contribution is -0.0732. The number of ether oxygens (including phenoxy) is 9. The van der Waals surface area contributed by atoms with E-state index in [1.807, 2.05) is 32.6 Å². The second-order valence-electron chi connectivity index (χ2n) is 25.4. The molecular weight excluding hydrogens is 1060 g/mol. The molecule has 1 fully saturated rings. The molecule has 9 atom stereocenters. The van der Waals surface area contributed by atoms with Crippen molar-refractivity contribution in [3.8, 4) is 52.1 Å². The first kappa shape index (κ1) is 61.0. The zero-order valence-electron chi connectivity index (χ0n) is 53.2. The Morgan fingerprint density at radius 2 is 1.11 bits per heavy atom. The Bertz CT molecular complexity index is 3200. The average Bonchev–Trinajstić information content (AvgIpc) is 0.961. The molecule has 84 heavy (non-hydrogen) atoms. The molecule has 0 saturated carbocycles. The fourth-order valence-corrected chi connectivity index (χ4v) is 15.9. The quantitative estimate of drug-likeness (QED) is 0.119. The highest BCUT2D eigenvalue weighted by Gasteiger charge is 2.57. The van der Waals surface area contributed by atoms with Crippen LogP contribution in [0.15, 0.2) is 12.1 Å². The van der Waals surface area contributed by atoms with Crippen molar-refractivity contribution in [1.29, 1.82) is 5.26 Å². The molecule has 0 aromatic heterocycles. The Hall–Kier alpha value is -6.12.